The normalized spacial score (nSPS) is 13.0. The van der Waals surface area contributed by atoms with E-state index in [9.17, 15) is 9.59 Å². The van der Waals surface area contributed by atoms with Crippen molar-refractivity contribution in [3.8, 4) is 0 Å². The summed E-state index contributed by atoms with van der Waals surface area (Å²) in [7, 11) is 3.41. The van der Waals surface area contributed by atoms with E-state index in [1.807, 2.05) is 18.2 Å². The van der Waals surface area contributed by atoms with Gasteiger partial charge in [-0.15, -0.1) is 0 Å². The van der Waals surface area contributed by atoms with Crippen molar-refractivity contribution in [2.75, 3.05) is 30.5 Å². The van der Waals surface area contributed by atoms with Gasteiger partial charge in [0.1, 0.15) is 0 Å². The molecule has 1 aliphatic rings. The summed E-state index contributed by atoms with van der Waals surface area (Å²) in [6, 6.07) is 11.0. The Bertz CT molecular complexity index is 815. The van der Waals surface area contributed by atoms with Crippen LogP contribution in [0.5, 0.6) is 0 Å². The number of anilines is 4. The van der Waals surface area contributed by atoms with E-state index in [1.165, 1.54) is 4.90 Å². The van der Waals surface area contributed by atoms with E-state index in [0.29, 0.717) is 17.7 Å². The van der Waals surface area contributed by atoms with E-state index in [1.54, 1.807) is 32.3 Å². The fraction of sp³-hybridized carbons (Fsp3) is 0.222. The summed E-state index contributed by atoms with van der Waals surface area (Å²) in [4.78, 5) is 24.9. The largest absolute Gasteiger partial charge is 0.397 e. The minimum absolute atomic E-state index is 0.0496. The zero-order valence-corrected chi connectivity index (χ0v) is 13.7. The molecule has 0 saturated heterocycles. The van der Waals surface area contributed by atoms with Crippen molar-refractivity contribution in [2.45, 2.75) is 12.8 Å². The van der Waals surface area contributed by atoms with Gasteiger partial charge in [0.2, 0.25) is 5.91 Å². The van der Waals surface area contributed by atoms with Crippen LogP contribution in [0.4, 0.5) is 22.7 Å². The van der Waals surface area contributed by atoms with Crippen molar-refractivity contribution in [1.29, 1.82) is 0 Å². The molecule has 6 nitrogen and oxygen atoms in total. The van der Waals surface area contributed by atoms with Crippen LogP contribution < -0.4 is 16.4 Å². The lowest BCUT2D eigenvalue weighted by molar-refractivity contribution is -0.116. The van der Waals surface area contributed by atoms with E-state index in [0.717, 1.165) is 29.0 Å². The molecule has 0 radical (unpaired) electrons. The smallest absolute Gasteiger partial charge is 0.253 e. The predicted octanol–water partition coefficient (Wildman–Crippen LogP) is 2.60. The number of nitrogens with one attached hydrogen (secondary N) is 2. The van der Waals surface area contributed by atoms with Crippen molar-refractivity contribution in [3.05, 3.63) is 47.5 Å². The summed E-state index contributed by atoms with van der Waals surface area (Å²) in [5.41, 5.74) is 10.7. The van der Waals surface area contributed by atoms with Crippen LogP contribution in [0, 0.1) is 0 Å². The van der Waals surface area contributed by atoms with Crippen molar-refractivity contribution < 1.29 is 9.59 Å². The number of nitrogens with zero attached hydrogens (tertiary/aromatic N) is 1. The lowest BCUT2D eigenvalue weighted by Crippen LogP contribution is -2.21. The van der Waals surface area contributed by atoms with E-state index < -0.39 is 0 Å². The summed E-state index contributed by atoms with van der Waals surface area (Å²) in [5, 5.41) is 6.13. The van der Waals surface area contributed by atoms with Gasteiger partial charge in [0.25, 0.3) is 5.91 Å². The highest BCUT2D eigenvalue weighted by Gasteiger charge is 2.15. The maximum Gasteiger partial charge on any atom is 0.253 e. The Morgan fingerprint density at radius 2 is 1.96 bits per heavy atom. The van der Waals surface area contributed by atoms with Crippen molar-refractivity contribution in [3.63, 3.8) is 0 Å². The second-order valence-corrected chi connectivity index (χ2v) is 6.05. The van der Waals surface area contributed by atoms with Gasteiger partial charge in [0.05, 0.1) is 11.4 Å². The number of fused-ring (bicyclic) bond motifs is 1. The molecular formula is C18H20N4O2. The summed E-state index contributed by atoms with van der Waals surface area (Å²) in [6.07, 6.45) is 1.22. The zero-order chi connectivity index (χ0) is 17.3. The van der Waals surface area contributed by atoms with Gasteiger partial charge < -0.3 is 21.3 Å². The Balaban J connectivity index is 1.81. The second kappa shape index (κ2) is 6.23. The molecule has 0 bridgehead atoms. The molecule has 0 aliphatic carbocycles. The first kappa shape index (κ1) is 15.9. The molecule has 0 saturated carbocycles. The molecule has 0 aromatic heterocycles. The number of nitrogens with two attached hydrogens (primary N) is 1. The van der Waals surface area contributed by atoms with Crippen LogP contribution in [0.15, 0.2) is 36.4 Å². The number of rotatable bonds is 3. The first-order valence-corrected chi connectivity index (χ1v) is 7.75. The number of nitrogen functional groups attached to an aromatic ring is 1. The van der Waals surface area contributed by atoms with Gasteiger partial charge in [-0.2, -0.15) is 0 Å². The minimum Gasteiger partial charge on any atom is -0.397 e. The summed E-state index contributed by atoms with van der Waals surface area (Å²) in [6.45, 7) is 0. The Hall–Kier alpha value is -3.02. The van der Waals surface area contributed by atoms with Crippen molar-refractivity contribution >= 4 is 34.6 Å². The minimum atomic E-state index is -0.0854. The summed E-state index contributed by atoms with van der Waals surface area (Å²) in [5.74, 6) is -0.0358. The van der Waals surface area contributed by atoms with E-state index in [-0.39, 0.29) is 11.8 Å². The maximum atomic E-state index is 12.0. The average Bonchev–Trinajstić information content (AvgIpc) is 2.56. The molecule has 2 amide bonds. The number of aryl methyl sites for hydroxylation is 1. The molecule has 0 fully saturated rings. The highest BCUT2D eigenvalue weighted by molar-refractivity contribution is 5.96. The van der Waals surface area contributed by atoms with Gasteiger partial charge in [0, 0.05) is 37.5 Å². The summed E-state index contributed by atoms with van der Waals surface area (Å²) >= 11 is 0. The summed E-state index contributed by atoms with van der Waals surface area (Å²) < 4.78 is 0. The first-order valence-electron chi connectivity index (χ1n) is 7.75. The molecule has 0 unspecified atom stereocenters. The zero-order valence-electron chi connectivity index (χ0n) is 13.7. The standard InChI is InChI=1S/C18H20N4O2/c1-22(2)18(24)12-3-6-16(14(19)10-12)20-13-5-7-15-11(9-13)4-8-17(23)21-15/h3,5-7,9-10,20H,4,8,19H2,1-2H3,(H,21,23). The Kier molecular flexibility index (Phi) is 4.12. The Morgan fingerprint density at radius 1 is 1.17 bits per heavy atom. The Morgan fingerprint density at radius 3 is 2.67 bits per heavy atom. The molecule has 0 atom stereocenters. The number of amides is 2. The molecular weight excluding hydrogens is 304 g/mol. The van der Waals surface area contributed by atoms with Crippen LogP contribution in [-0.2, 0) is 11.2 Å². The highest BCUT2D eigenvalue weighted by Crippen LogP contribution is 2.29. The van der Waals surface area contributed by atoms with Crippen LogP contribution in [0.2, 0.25) is 0 Å². The van der Waals surface area contributed by atoms with Gasteiger partial charge in [-0.3, -0.25) is 9.59 Å². The van der Waals surface area contributed by atoms with Gasteiger partial charge in [-0.1, -0.05) is 0 Å². The van der Waals surface area contributed by atoms with Gasteiger partial charge in [-0.05, 0) is 48.4 Å². The Labute approximate surface area is 140 Å². The first-order chi connectivity index (χ1) is 11.4. The van der Waals surface area contributed by atoms with Crippen molar-refractivity contribution in [2.24, 2.45) is 0 Å². The van der Waals surface area contributed by atoms with Crippen LogP contribution in [0.25, 0.3) is 0 Å². The van der Waals surface area contributed by atoms with Crippen LogP contribution in [0.1, 0.15) is 22.3 Å². The molecule has 4 N–H and O–H groups in total. The topological polar surface area (TPSA) is 87.5 Å². The molecule has 1 heterocycles. The van der Waals surface area contributed by atoms with E-state index >= 15 is 0 Å². The van der Waals surface area contributed by atoms with Gasteiger partial charge >= 0.3 is 0 Å². The molecule has 124 valence electrons. The highest BCUT2D eigenvalue weighted by atomic mass is 16.2. The molecule has 2 aromatic carbocycles. The third kappa shape index (κ3) is 3.17. The number of carbonyl (C=O) groups is 2. The lowest BCUT2D eigenvalue weighted by Gasteiger charge is -2.18. The number of carbonyl (C=O) groups excluding carboxylic acids is 2. The molecule has 2 aromatic rings. The molecule has 24 heavy (non-hydrogen) atoms. The van der Waals surface area contributed by atoms with E-state index in [4.69, 9.17) is 5.73 Å². The number of hydrogen-bond donors (Lipinski definition) is 3. The SMILES string of the molecule is CN(C)C(=O)c1ccc(Nc2ccc3c(c2)CCC(=O)N3)c(N)c1. The van der Waals surface area contributed by atoms with Gasteiger partial charge in [0.15, 0.2) is 0 Å². The third-order valence-electron chi connectivity index (χ3n) is 3.98. The number of benzene rings is 2. The predicted molar refractivity (Wildman–Crippen MR) is 95.5 cm³/mol. The quantitative estimate of drug-likeness (QED) is 0.757. The fourth-order valence-electron chi connectivity index (χ4n) is 2.68. The lowest BCUT2D eigenvalue weighted by atomic mass is 10.0. The monoisotopic (exact) mass is 324 g/mol. The molecule has 0 spiro atoms. The molecule has 3 rings (SSSR count). The fourth-order valence-corrected chi connectivity index (χ4v) is 2.68. The van der Waals surface area contributed by atoms with Crippen LogP contribution in [-0.4, -0.2) is 30.8 Å². The van der Waals surface area contributed by atoms with Crippen molar-refractivity contribution in [1.82, 2.24) is 4.90 Å². The second-order valence-electron chi connectivity index (χ2n) is 6.05. The third-order valence-corrected chi connectivity index (χ3v) is 3.98. The average molecular weight is 324 g/mol. The molecule has 6 heteroatoms. The van der Waals surface area contributed by atoms with E-state index in [2.05, 4.69) is 10.6 Å². The number of hydrogen-bond acceptors (Lipinski definition) is 4. The van der Waals surface area contributed by atoms with Crippen LogP contribution in [0.3, 0.4) is 0 Å². The maximum absolute atomic E-state index is 12.0. The molecule has 1 aliphatic heterocycles. The van der Waals surface area contributed by atoms with Gasteiger partial charge in [-0.25, -0.2) is 0 Å². The van der Waals surface area contributed by atoms with Crippen LogP contribution >= 0.6 is 0 Å².